The maximum atomic E-state index is 10.9. The van der Waals surface area contributed by atoms with Gasteiger partial charge in [-0.05, 0) is 0 Å². The largest absolute Gasteiger partial charge is 0.363 e. The number of nitrogens with zero attached hydrogens (tertiary/aromatic N) is 2. The molecule has 0 bridgehead atoms. The molecule has 0 aliphatic rings. The molecule has 0 saturated carbocycles. The molecule has 0 spiro atoms. The van der Waals surface area contributed by atoms with Crippen LogP contribution in [0.2, 0.25) is 0 Å². The first-order valence-electron chi connectivity index (χ1n) is 5.62. The van der Waals surface area contributed by atoms with Crippen molar-refractivity contribution in [1.29, 1.82) is 5.41 Å². The molecule has 1 aromatic heterocycles. The van der Waals surface area contributed by atoms with Crippen LogP contribution < -0.4 is 5.73 Å². The molecule has 6 nitrogen and oxygen atoms in total. The second kappa shape index (κ2) is 4.93. The van der Waals surface area contributed by atoms with Gasteiger partial charge in [0.25, 0.3) is 5.91 Å². The zero-order chi connectivity index (χ0) is 14.0. The lowest BCUT2D eigenvalue weighted by Crippen LogP contribution is -2.21. The maximum absolute atomic E-state index is 10.9. The highest BCUT2D eigenvalue weighted by Gasteiger charge is 2.11. The highest BCUT2D eigenvalue weighted by atomic mass is 16.5. The molecule has 1 heterocycles. The molecular weight excluding hydrogens is 244 g/mol. The molecule has 0 fully saturated rings. The Balaban J connectivity index is 2.27. The van der Waals surface area contributed by atoms with Crippen molar-refractivity contribution in [2.45, 2.75) is 0 Å². The minimum atomic E-state index is -0.648. The van der Waals surface area contributed by atoms with Gasteiger partial charge < -0.3 is 15.2 Å². The van der Waals surface area contributed by atoms with Crippen LogP contribution in [-0.4, -0.2) is 35.9 Å². The molecule has 98 valence electrons. The van der Waals surface area contributed by atoms with Crippen molar-refractivity contribution >= 4 is 11.7 Å². The number of nitrogens with two attached hydrogens (primary N) is 1. The zero-order valence-corrected chi connectivity index (χ0v) is 10.7. The minimum Gasteiger partial charge on any atom is -0.363 e. The number of nitrogens with one attached hydrogen (secondary N) is 1. The van der Waals surface area contributed by atoms with Crippen LogP contribution in [0.15, 0.2) is 34.9 Å². The Bertz CT molecular complexity index is 614. The minimum absolute atomic E-state index is 0.0279. The Morgan fingerprint density at radius 3 is 2.42 bits per heavy atom. The summed E-state index contributed by atoms with van der Waals surface area (Å²) < 4.78 is 4.82. The van der Waals surface area contributed by atoms with Gasteiger partial charge >= 0.3 is 0 Å². The highest BCUT2D eigenvalue weighted by molar-refractivity contribution is 5.96. The highest BCUT2D eigenvalue weighted by Crippen LogP contribution is 2.19. The summed E-state index contributed by atoms with van der Waals surface area (Å²) in [5, 5.41) is 11.6. The molecule has 0 unspecified atom stereocenters. The lowest BCUT2D eigenvalue weighted by atomic mass is 10.1. The van der Waals surface area contributed by atoms with Crippen molar-refractivity contribution in [3.63, 3.8) is 0 Å². The average molecular weight is 258 g/mol. The van der Waals surface area contributed by atoms with E-state index in [0.29, 0.717) is 11.5 Å². The summed E-state index contributed by atoms with van der Waals surface area (Å²) in [4.78, 5) is 12.6. The number of aromatic nitrogens is 1. The van der Waals surface area contributed by atoms with Crippen molar-refractivity contribution in [1.82, 2.24) is 10.1 Å². The van der Waals surface area contributed by atoms with E-state index < -0.39 is 5.91 Å². The van der Waals surface area contributed by atoms with Crippen molar-refractivity contribution in [2.75, 3.05) is 14.1 Å². The van der Waals surface area contributed by atoms with Crippen molar-refractivity contribution < 1.29 is 9.32 Å². The number of amidine groups is 1. The first kappa shape index (κ1) is 12.8. The maximum Gasteiger partial charge on any atom is 0.287 e. The molecule has 3 N–H and O–H groups in total. The van der Waals surface area contributed by atoms with E-state index in [9.17, 15) is 4.79 Å². The summed E-state index contributed by atoms with van der Waals surface area (Å²) in [6.45, 7) is 0. The van der Waals surface area contributed by atoms with E-state index in [1.807, 2.05) is 38.4 Å². The SMILES string of the molecule is CN(C)C(=N)c1ccc(-c2cc(C(N)=O)on2)cc1. The van der Waals surface area contributed by atoms with Gasteiger partial charge in [-0.2, -0.15) is 0 Å². The normalized spacial score (nSPS) is 10.2. The fourth-order valence-electron chi connectivity index (χ4n) is 1.58. The van der Waals surface area contributed by atoms with Gasteiger partial charge in [-0.1, -0.05) is 29.4 Å². The van der Waals surface area contributed by atoms with Crippen LogP contribution in [0.1, 0.15) is 16.1 Å². The van der Waals surface area contributed by atoms with Gasteiger partial charge in [0.05, 0.1) is 0 Å². The topological polar surface area (TPSA) is 96.2 Å². The monoisotopic (exact) mass is 258 g/mol. The van der Waals surface area contributed by atoms with Crippen molar-refractivity contribution in [3.8, 4) is 11.3 Å². The average Bonchev–Trinajstić information content (AvgIpc) is 2.87. The van der Waals surface area contributed by atoms with Gasteiger partial charge in [-0.15, -0.1) is 0 Å². The zero-order valence-electron chi connectivity index (χ0n) is 10.7. The smallest absolute Gasteiger partial charge is 0.287 e. The Morgan fingerprint density at radius 2 is 1.95 bits per heavy atom. The van der Waals surface area contributed by atoms with E-state index in [4.69, 9.17) is 15.7 Å². The van der Waals surface area contributed by atoms with Crippen LogP contribution in [0.3, 0.4) is 0 Å². The predicted molar refractivity (Wildman–Crippen MR) is 71.0 cm³/mol. The molecule has 2 rings (SSSR count). The number of hydrogen-bond donors (Lipinski definition) is 2. The molecule has 0 aliphatic heterocycles. The third kappa shape index (κ3) is 2.62. The summed E-state index contributed by atoms with van der Waals surface area (Å²) in [5.74, 6) is -0.200. The molecule has 0 aliphatic carbocycles. The standard InChI is InChI=1S/C13H14N4O2/c1-17(2)12(14)9-5-3-8(4-6-9)10-7-11(13(15)18)19-16-10/h3-7,14H,1-2H3,(H2,15,18). The Morgan fingerprint density at radius 1 is 1.32 bits per heavy atom. The van der Waals surface area contributed by atoms with Gasteiger partial charge in [0.15, 0.2) is 0 Å². The van der Waals surface area contributed by atoms with Crippen LogP contribution >= 0.6 is 0 Å². The number of carbonyl (C=O) groups is 1. The van der Waals surface area contributed by atoms with E-state index in [0.717, 1.165) is 11.1 Å². The number of hydrogen-bond acceptors (Lipinski definition) is 4. The van der Waals surface area contributed by atoms with Crippen LogP contribution in [-0.2, 0) is 0 Å². The van der Waals surface area contributed by atoms with E-state index in [2.05, 4.69) is 5.16 Å². The quantitative estimate of drug-likeness (QED) is 0.641. The van der Waals surface area contributed by atoms with Gasteiger partial charge in [0.2, 0.25) is 5.76 Å². The molecule has 19 heavy (non-hydrogen) atoms. The summed E-state index contributed by atoms with van der Waals surface area (Å²) in [7, 11) is 3.63. The molecule has 0 saturated heterocycles. The van der Waals surface area contributed by atoms with Crippen LogP contribution in [0.5, 0.6) is 0 Å². The van der Waals surface area contributed by atoms with E-state index in [-0.39, 0.29) is 5.76 Å². The van der Waals surface area contributed by atoms with E-state index >= 15 is 0 Å². The molecule has 0 atom stereocenters. The molecule has 1 amide bonds. The predicted octanol–water partition coefficient (Wildman–Crippen LogP) is 1.33. The van der Waals surface area contributed by atoms with Crippen LogP contribution in [0.25, 0.3) is 11.3 Å². The van der Waals surface area contributed by atoms with E-state index in [1.54, 1.807) is 4.90 Å². The summed E-state index contributed by atoms with van der Waals surface area (Å²) >= 11 is 0. The van der Waals surface area contributed by atoms with E-state index in [1.165, 1.54) is 6.07 Å². The summed E-state index contributed by atoms with van der Waals surface area (Å²) in [5.41, 5.74) is 7.23. The summed E-state index contributed by atoms with van der Waals surface area (Å²) in [6, 6.07) is 8.76. The Kier molecular flexibility index (Phi) is 3.33. The molecule has 2 aromatic rings. The van der Waals surface area contributed by atoms with Crippen LogP contribution in [0, 0.1) is 5.41 Å². The second-order valence-electron chi connectivity index (χ2n) is 4.26. The van der Waals surface area contributed by atoms with Crippen molar-refractivity contribution in [2.24, 2.45) is 5.73 Å². The molecular formula is C13H14N4O2. The molecule has 1 aromatic carbocycles. The van der Waals surface area contributed by atoms with Gasteiger partial charge in [0, 0.05) is 31.3 Å². The Hall–Kier alpha value is -2.63. The van der Waals surface area contributed by atoms with Gasteiger partial charge in [-0.25, -0.2) is 0 Å². The fourth-order valence-corrected chi connectivity index (χ4v) is 1.58. The third-order valence-corrected chi connectivity index (χ3v) is 2.65. The number of benzene rings is 1. The van der Waals surface area contributed by atoms with Gasteiger partial charge in [0.1, 0.15) is 11.5 Å². The number of primary amides is 1. The van der Waals surface area contributed by atoms with Gasteiger partial charge in [-0.3, -0.25) is 10.2 Å². The fraction of sp³-hybridized carbons (Fsp3) is 0.154. The first-order chi connectivity index (χ1) is 8.99. The molecule has 6 heteroatoms. The Labute approximate surface area is 110 Å². The number of carbonyl (C=O) groups excluding carboxylic acids is 1. The lowest BCUT2D eigenvalue weighted by molar-refractivity contribution is 0.0965. The third-order valence-electron chi connectivity index (χ3n) is 2.65. The number of amides is 1. The summed E-state index contributed by atoms with van der Waals surface area (Å²) in [6.07, 6.45) is 0. The lowest BCUT2D eigenvalue weighted by Gasteiger charge is -2.13. The van der Waals surface area contributed by atoms with Crippen molar-refractivity contribution in [3.05, 3.63) is 41.7 Å². The second-order valence-corrected chi connectivity index (χ2v) is 4.26. The molecule has 0 radical (unpaired) electrons. The number of rotatable bonds is 3. The van der Waals surface area contributed by atoms with Crippen LogP contribution in [0.4, 0.5) is 0 Å². The first-order valence-corrected chi connectivity index (χ1v) is 5.62.